The molecule has 0 aliphatic carbocycles. The summed E-state index contributed by atoms with van der Waals surface area (Å²) in [7, 11) is 0. The Kier molecular flexibility index (Phi) is 2.64. The molecule has 0 bridgehead atoms. The van der Waals surface area contributed by atoms with E-state index >= 15 is 0 Å². The molecule has 90 valence electrons. The predicted octanol–water partition coefficient (Wildman–Crippen LogP) is 2.78. The Balaban J connectivity index is 2.08. The number of aromatic nitrogens is 3. The third-order valence-corrected chi connectivity index (χ3v) is 3.10. The zero-order valence-electron chi connectivity index (χ0n) is 9.52. The molecule has 0 unspecified atom stereocenters. The monoisotopic (exact) mass is 258 g/mol. The third-order valence-electron chi connectivity index (χ3n) is 2.82. The van der Waals surface area contributed by atoms with Gasteiger partial charge in [-0.2, -0.15) is 4.98 Å². The highest BCUT2D eigenvalue weighted by Crippen LogP contribution is 2.26. The number of nitrogen functional groups attached to an aromatic ring is 1. The number of nitrogens with two attached hydrogens (primary N) is 1. The summed E-state index contributed by atoms with van der Waals surface area (Å²) >= 11 is 6.12. The van der Waals surface area contributed by atoms with Gasteiger partial charge in [-0.1, -0.05) is 41.9 Å². The topological polar surface area (TPSA) is 67.6 Å². The maximum Gasteiger partial charge on any atom is 0.223 e. The maximum atomic E-state index is 6.12. The second-order valence-electron chi connectivity index (χ2n) is 4.07. The molecular weight excluding hydrogens is 248 g/mol. The van der Waals surface area contributed by atoms with Crippen LogP contribution in [0, 0.1) is 0 Å². The maximum absolute atomic E-state index is 6.12. The number of nitrogens with zero attached hydrogens (tertiary/aromatic N) is 2. The quantitative estimate of drug-likeness (QED) is 0.695. The van der Waals surface area contributed by atoms with Crippen molar-refractivity contribution < 1.29 is 0 Å². The van der Waals surface area contributed by atoms with Gasteiger partial charge in [0.05, 0.1) is 5.39 Å². The van der Waals surface area contributed by atoms with Crippen molar-refractivity contribution in [1.82, 2.24) is 15.0 Å². The van der Waals surface area contributed by atoms with Gasteiger partial charge in [0.1, 0.15) is 10.8 Å². The van der Waals surface area contributed by atoms with Crippen LogP contribution in [-0.2, 0) is 6.42 Å². The average molecular weight is 259 g/mol. The van der Waals surface area contributed by atoms with E-state index in [-0.39, 0.29) is 5.95 Å². The average Bonchev–Trinajstić information content (AvgIpc) is 2.73. The van der Waals surface area contributed by atoms with Crippen molar-refractivity contribution in [2.45, 2.75) is 6.42 Å². The molecule has 0 fully saturated rings. The number of nitrogens with one attached hydrogen (secondary N) is 1. The summed E-state index contributed by atoms with van der Waals surface area (Å²) in [4.78, 5) is 11.2. The number of benzene rings is 1. The molecule has 3 rings (SSSR count). The van der Waals surface area contributed by atoms with Gasteiger partial charge >= 0.3 is 0 Å². The minimum absolute atomic E-state index is 0.181. The van der Waals surface area contributed by atoms with E-state index in [1.165, 1.54) is 5.56 Å². The molecule has 0 amide bonds. The van der Waals surface area contributed by atoms with Gasteiger partial charge in [-0.3, -0.25) is 0 Å². The lowest BCUT2D eigenvalue weighted by molar-refractivity contribution is 1.20. The third kappa shape index (κ3) is 1.91. The minimum Gasteiger partial charge on any atom is -0.368 e. The summed E-state index contributed by atoms with van der Waals surface area (Å²) in [6.45, 7) is 0. The first-order chi connectivity index (χ1) is 8.74. The number of hydrogen-bond donors (Lipinski definition) is 2. The molecule has 0 saturated carbocycles. The second-order valence-corrected chi connectivity index (χ2v) is 4.43. The fraction of sp³-hybridized carbons (Fsp3) is 0.0769. The smallest absolute Gasteiger partial charge is 0.223 e. The number of hydrogen-bond acceptors (Lipinski definition) is 3. The van der Waals surface area contributed by atoms with Crippen LogP contribution in [0.1, 0.15) is 11.1 Å². The van der Waals surface area contributed by atoms with Crippen LogP contribution in [-0.4, -0.2) is 15.0 Å². The van der Waals surface area contributed by atoms with Crippen LogP contribution in [0.25, 0.3) is 11.0 Å². The van der Waals surface area contributed by atoms with Crippen LogP contribution < -0.4 is 5.73 Å². The molecule has 0 saturated heterocycles. The first-order valence-electron chi connectivity index (χ1n) is 5.57. The standard InChI is InChI=1S/C13H11ClN4/c14-11-10-9(6-8-4-2-1-3-5-8)7-16-12(10)18-13(15)17-11/h1-5,7H,6H2,(H3,15,16,17,18). The van der Waals surface area contributed by atoms with Gasteiger partial charge < -0.3 is 10.7 Å². The van der Waals surface area contributed by atoms with Crippen molar-refractivity contribution in [3.63, 3.8) is 0 Å². The lowest BCUT2D eigenvalue weighted by atomic mass is 10.1. The number of aromatic amines is 1. The molecule has 1 aromatic carbocycles. The first-order valence-corrected chi connectivity index (χ1v) is 5.95. The molecule has 0 spiro atoms. The Morgan fingerprint density at radius 2 is 1.94 bits per heavy atom. The van der Waals surface area contributed by atoms with E-state index in [2.05, 4.69) is 27.1 Å². The number of fused-ring (bicyclic) bond motifs is 1. The van der Waals surface area contributed by atoms with Crippen LogP contribution in [0.3, 0.4) is 0 Å². The molecule has 5 heteroatoms. The lowest BCUT2D eigenvalue weighted by Crippen LogP contribution is -1.96. The van der Waals surface area contributed by atoms with E-state index in [9.17, 15) is 0 Å². The molecule has 0 aliphatic rings. The molecule has 4 nitrogen and oxygen atoms in total. The van der Waals surface area contributed by atoms with Gasteiger partial charge in [-0.25, -0.2) is 4.98 Å². The van der Waals surface area contributed by atoms with Crippen LogP contribution in [0.15, 0.2) is 36.5 Å². The van der Waals surface area contributed by atoms with Crippen LogP contribution in [0.2, 0.25) is 5.15 Å². The van der Waals surface area contributed by atoms with Gasteiger partial charge in [0.15, 0.2) is 0 Å². The normalized spacial score (nSPS) is 10.9. The molecular formula is C13H11ClN4. The number of halogens is 1. The summed E-state index contributed by atoms with van der Waals surface area (Å²) in [5.41, 5.74) is 8.52. The van der Waals surface area contributed by atoms with Crippen molar-refractivity contribution in [1.29, 1.82) is 0 Å². The number of rotatable bonds is 2. The van der Waals surface area contributed by atoms with Crippen LogP contribution >= 0.6 is 11.6 Å². The number of H-pyrrole nitrogens is 1. The van der Waals surface area contributed by atoms with Gasteiger partial charge in [-0.05, 0) is 17.5 Å². The van der Waals surface area contributed by atoms with Gasteiger partial charge in [0.25, 0.3) is 0 Å². The van der Waals surface area contributed by atoms with Crippen LogP contribution in [0.5, 0.6) is 0 Å². The van der Waals surface area contributed by atoms with E-state index in [4.69, 9.17) is 17.3 Å². The summed E-state index contributed by atoms with van der Waals surface area (Å²) in [6.07, 6.45) is 2.69. The molecule has 0 aliphatic heterocycles. The van der Waals surface area contributed by atoms with Crippen molar-refractivity contribution >= 4 is 28.6 Å². The highest BCUT2D eigenvalue weighted by molar-refractivity contribution is 6.34. The summed E-state index contributed by atoms with van der Waals surface area (Å²) in [5.74, 6) is 0.181. The fourth-order valence-electron chi connectivity index (χ4n) is 2.02. The molecule has 3 N–H and O–H groups in total. The Labute approximate surface area is 109 Å². The van der Waals surface area contributed by atoms with Gasteiger partial charge in [0, 0.05) is 6.20 Å². The van der Waals surface area contributed by atoms with E-state index in [0.717, 1.165) is 17.4 Å². The van der Waals surface area contributed by atoms with E-state index in [1.54, 1.807) is 0 Å². The Hall–Kier alpha value is -2.07. The first kappa shape index (κ1) is 11.0. The van der Waals surface area contributed by atoms with E-state index in [1.807, 2.05) is 24.4 Å². The molecule has 2 heterocycles. The van der Waals surface area contributed by atoms with Crippen molar-refractivity contribution in [3.05, 3.63) is 52.8 Å². The van der Waals surface area contributed by atoms with Crippen molar-refractivity contribution in [2.24, 2.45) is 0 Å². The van der Waals surface area contributed by atoms with E-state index < -0.39 is 0 Å². The minimum atomic E-state index is 0.181. The Bertz CT molecular complexity index is 691. The zero-order valence-corrected chi connectivity index (χ0v) is 10.3. The molecule has 2 aromatic heterocycles. The second kappa shape index (κ2) is 4.31. The molecule has 0 atom stereocenters. The van der Waals surface area contributed by atoms with Crippen molar-refractivity contribution in [2.75, 3.05) is 5.73 Å². The Morgan fingerprint density at radius 1 is 1.17 bits per heavy atom. The highest BCUT2D eigenvalue weighted by Gasteiger charge is 2.11. The van der Waals surface area contributed by atoms with Gasteiger partial charge in [-0.15, -0.1) is 0 Å². The summed E-state index contributed by atoms with van der Waals surface area (Å²) in [6, 6.07) is 10.2. The predicted molar refractivity (Wildman–Crippen MR) is 72.6 cm³/mol. The molecule has 0 radical (unpaired) electrons. The number of anilines is 1. The molecule has 3 aromatic rings. The van der Waals surface area contributed by atoms with Crippen molar-refractivity contribution in [3.8, 4) is 0 Å². The Morgan fingerprint density at radius 3 is 2.72 bits per heavy atom. The summed E-state index contributed by atoms with van der Waals surface area (Å²) < 4.78 is 0. The van der Waals surface area contributed by atoms with E-state index in [0.29, 0.717) is 10.8 Å². The fourth-order valence-corrected chi connectivity index (χ4v) is 2.32. The summed E-state index contributed by atoms with van der Waals surface area (Å²) in [5, 5.41) is 1.24. The van der Waals surface area contributed by atoms with Gasteiger partial charge in [0.2, 0.25) is 5.95 Å². The highest BCUT2D eigenvalue weighted by atomic mass is 35.5. The molecule has 18 heavy (non-hydrogen) atoms. The zero-order chi connectivity index (χ0) is 12.5. The SMILES string of the molecule is Nc1nc(Cl)c2c(Cc3ccccc3)c[nH]c2n1. The lowest BCUT2D eigenvalue weighted by Gasteiger charge is -2.01. The van der Waals surface area contributed by atoms with Crippen LogP contribution in [0.4, 0.5) is 5.95 Å². The largest absolute Gasteiger partial charge is 0.368 e.